The summed E-state index contributed by atoms with van der Waals surface area (Å²) < 4.78 is 39.1. The summed E-state index contributed by atoms with van der Waals surface area (Å²) in [7, 11) is -4.43. The zero-order valence-corrected chi connectivity index (χ0v) is 21.3. The van der Waals surface area contributed by atoms with Gasteiger partial charge in [0.15, 0.2) is 30.0 Å². The fourth-order valence-corrected chi connectivity index (χ4v) is 5.57. The molecular formula is C15H19Cl2O7PS4. The Hall–Kier alpha value is 0.220. The quantitative estimate of drug-likeness (QED) is 0.0571. The van der Waals surface area contributed by atoms with Gasteiger partial charge in [-0.05, 0) is 32.9 Å². The number of esters is 1. The van der Waals surface area contributed by atoms with Crippen LogP contribution < -0.4 is 0 Å². The Labute approximate surface area is 199 Å². The highest BCUT2D eigenvalue weighted by atomic mass is 35.5. The molecule has 0 aromatic heterocycles. The van der Waals surface area contributed by atoms with Crippen LogP contribution in [-0.4, -0.2) is 35.5 Å². The Bertz CT molecular complexity index is 673. The van der Waals surface area contributed by atoms with Gasteiger partial charge in [-0.3, -0.25) is 12.9 Å². The van der Waals surface area contributed by atoms with Gasteiger partial charge in [0.05, 0.1) is 19.8 Å². The first-order chi connectivity index (χ1) is 13.8. The van der Waals surface area contributed by atoms with Crippen LogP contribution in [0.4, 0.5) is 0 Å². The van der Waals surface area contributed by atoms with Crippen LogP contribution in [0, 0.1) is 0 Å². The van der Waals surface area contributed by atoms with E-state index in [0.29, 0.717) is 24.6 Å². The topological polar surface area (TPSA) is 80.3 Å². The third-order valence-corrected chi connectivity index (χ3v) is 7.10. The number of carbonyl (C=O) groups is 1. The van der Waals surface area contributed by atoms with E-state index in [1.807, 2.05) is 0 Å². The van der Waals surface area contributed by atoms with Crippen LogP contribution in [0.2, 0.25) is 0 Å². The summed E-state index contributed by atoms with van der Waals surface area (Å²) in [6, 6.07) is 0. The van der Waals surface area contributed by atoms with E-state index in [1.165, 1.54) is 12.2 Å². The molecule has 0 spiro atoms. The Kier molecular flexibility index (Phi) is 17.0. The average Bonchev–Trinajstić information content (AvgIpc) is 2.66. The van der Waals surface area contributed by atoms with Gasteiger partial charge in [-0.15, -0.1) is 0 Å². The first kappa shape index (κ1) is 29.2. The summed E-state index contributed by atoms with van der Waals surface area (Å²) in [4.78, 5) is 12.7. The summed E-state index contributed by atoms with van der Waals surface area (Å²) in [5.41, 5.74) is 2.09. The maximum Gasteiger partial charge on any atom is 0.395 e. The summed E-state index contributed by atoms with van der Waals surface area (Å²) in [6.45, 7) is 5.38. The van der Waals surface area contributed by atoms with Crippen molar-refractivity contribution in [2.24, 2.45) is 0 Å². The van der Waals surface area contributed by atoms with Gasteiger partial charge in [0, 0.05) is 26.4 Å². The molecule has 0 heterocycles. The summed E-state index contributed by atoms with van der Waals surface area (Å²) >= 11 is 22.5. The second kappa shape index (κ2) is 16.9. The zero-order valence-electron chi connectivity index (χ0n) is 15.6. The molecule has 0 amide bonds. The number of ether oxygens (including phenoxy) is 1. The molecular weight excluding hydrogens is 522 g/mol. The first-order valence-electron chi connectivity index (χ1n) is 7.92. The van der Waals surface area contributed by atoms with Crippen LogP contribution in [0.25, 0.3) is 0 Å². The van der Waals surface area contributed by atoms with Gasteiger partial charge < -0.3 is 4.74 Å². The fourth-order valence-electron chi connectivity index (χ4n) is 1.49. The van der Waals surface area contributed by atoms with E-state index in [2.05, 4.69) is 0 Å². The van der Waals surface area contributed by atoms with Gasteiger partial charge in [-0.2, -0.15) is 0 Å². The Morgan fingerprint density at radius 3 is 1.72 bits per heavy atom. The number of thiocarbonyl (C=S) groups is 2. The Morgan fingerprint density at radius 1 is 0.931 bits per heavy atom. The highest BCUT2D eigenvalue weighted by Gasteiger charge is 2.43. The van der Waals surface area contributed by atoms with Gasteiger partial charge >= 0.3 is 13.6 Å². The molecule has 164 valence electrons. The van der Waals surface area contributed by atoms with Crippen molar-refractivity contribution in [3.05, 3.63) is 34.1 Å². The van der Waals surface area contributed by atoms with E-state index in [1.54, 1.807) is 20.8 Å². The van der Waals surface area contributed by atoms with Gasteiger partial charge in [-0.1, -0.05) is 47.6 Å². The molecule has 0 bridgehead atoms. The lowest BCUT2D eigenvalue weighted by Gasteiger charge is -2.20. The molecule has 14 heteroatoms. The normalized spacial score (nSPS) is 11.8. The molecule has 0 N–H and O–H groups in total. The monoisotopic (exact) mass is 540 g/mol. The number of allylic oxidation sites excluding steroid dienone is 3. The largest absolute Gasteiger partial charge is 0.462 e. The van der Waals surface area contributed by atoms with Crippen molar-refractivity contribution in [3.63, 3.8) is 0 Å². The van der Waals surface area contributed by atoms with E-state index in [-0.39, 0.29) is 35.1 Å². The summed E-state index contributed by atoms with van der Waals surface area (Å²) in [6.07, 6.45) is 2.55. The van der Waals surface area contributed by atoms with Crippen LogP contribution in [0.5, 0.6) is 0 Å². The van der Waals surface area contributed by atoms with Gasteiger partial charge in [0.25, 0.3) is 0 Å². The van der Waals surface area contributed by atoms with E-state index < -0.39 is 18.9 Å². The van der Waals surface area contributed by atoms with Crippen molar-refractivity contribution in [1.29, 1.82) is 0 Å². The molecule has 0 aliphatic heterocycles. The number of halogens is 2. The molecule has 29 heavy (non-hydrogen) atoms. The SMILES string of the molecule is CCOSOP(=O)(OSOCC)C(C(=O)OCC)=C(C(=S)C=CCl)C(=S)C=CCl. The maximum atomic E-state index is 13.6. The van der Waals surface area contributed by atoms with E-state index in [4.69, 9.17) is 68.7 Å². The third kappa shape index (κ3) is 10.4. The molecule has 0 fully saturated rings. The second-order valence-corrected chi connectivity index (χ2v) is 9.12. The van der Waals surface area contributed by atoms with E-state index >= 15 is 0 Å². The zero-order chi connectivity index (χ0) is 22.3. The van der Waals surface area contributed by atoms with Gasteiger partial charge in [0.1, 0.15) is 0 Å². The standard InChI is InChI=1S/C15H19Cl2O7PS4/c1-4-20-15(18)14(13(11(26)7-9-16)12(27)8-10-17)25(19,23-28-21-5-2)24-29-22-6-3/h7-10H,4-6H2,1-3H3. The van der Waals surface area contributed by atoms with Crippen molar-refractivity contribution in [2.75, 3.05) is 19.8 Å². The van der Waals surface area contributed by atoms with Crippen LogP contribution >= 0.6 is 79.9 Å². The minimum atomic E-state index is -4.43. The summed E-state index contributed by atoms with van der Waals surface area (Å²) in [5, 5.41) is -0.543. The second-order valence-electron chi connectivity index (χ2n) is 4.35. The van der Waals surface area contributed by atoms with Gasteiger partial charge in [0.2, 0.25) is 0 Å². The molecule has 0 aliphatic rings. The molecule has 0 aromatic rings. The Morgan fingerprint density at radius 2 is 1.38 bits per heavy atom. The number of hydrogen-bond acceptors (Lipinski definition) is 11. The summed E-state index contributed by atoms with van der Waals surface area (Å²) in [5.74, 6) is -1.02. The highest BCUT2D eigenvalue weighted by Crippen LogP contribution is 2.63. The number of rotatable bonds is 15. The van der Waals surface area contributed by atoms with E-state index in [0.717, 1.165) is 11.1 Å². The molecule has 0 radical (unpaired) electrons. The molecule has 0 aromatic carbocycles. The van der Waals surface area contributed by atoms with Crippen LogP contribution in [0.3, 0.4) is 0 Å². The molecule has 0 rings (SSSR count). The number of carbonyl (C=O) groups excluding carboxylic acids is 1. The molecule has 0 unspecified atom stereocenters. The molecule has 0 aliphatic carbocycles. The van der Waals surface area contributed by atoms with Crippen molar-refractivity contribution < 1.29 is 30.4 Å². The van der Waals surface area contributed by atoms with Crippen molar-refractivity contribution in [3.8, 4) is 0 Å². The molecule has 7 nitrogen and oxygen atoms in total. The molecule has 0 saturated heterocycles. The van der Waals surface area contributed by atoms with Crippen molar-refractivity contribution in [2.45, 2.75) is 20.8 Å². The minimum Gasteiger partial charge on any atom is -0.462 e. The van der Waals surface area contributed by atoms with Crippen LogP contribution in [-0.2, 0) is 30.4 Å². The minimum absolute atomic E-state index is 0.0157. The first-order valence-corrected chi connectivity index (χ1v) is 12.5. The van der Waals surface area contributed by atoms with Crippen molar-refractivity contribution in [1.82, 2.24) is 0 Å². The van der Waals surface area contributed by atoms with E-state index in [9.17, 15) is 9.36 Å². The molecule has 0 saturated carbocycles. The lowest BCUT2D eigenvalue weighted by Crippen LogP contribution is -2.18. The lowest BCUT2D eigenvalue weighted by atomic mass is 10.1. The van der Waals surface area contributed by atoms with Crippen molar-refractivity contribution >= 4 is 95.6 Å². The lowest BCUT2D eigenvalue weighted by molar-refractivity contribution is -0.137. The smallest absolute Gasteiger partial charge is 0.395 e. The third-order valence-electron chi connectivity index (χ3n) is 2.49. The average molecular weight is 541 g/mol. The van der Waals surface area contributed by atoms with Gasteiger partial charge in [-0.25, -0.2) is 12.7 Å². The predicted octanol–water partition coefficient (Wildman–Crippen LogP) is 6.47. The van der Waals surface area contributed by atoms with Crippen LogP contribution in [0.15, 0.2) is 34.1 Å². The maximum absolute atomic E-state index is 13.6. The number of hydrogen-bond donors (Lipinski definition) is 0. The Balaban J connectivity index is 6.74. The highest BCUT2D eigenvalue weighted by molar-refractivity contribution is 7.98. The molecule has 0 atom stereocenters. The van der Waals surface area contributed by atoms with Crippen LogP contribution in [0.1, 0.15) is 20.8 Å². The fraction of sp³-hybridized carbons (Fsp3) is 0.400. The predicted molar refractivity (Wildman–Crippen MR) is 127 cm³/mol.